The molecular weight excluding hydrogens is 330 g/mol. The van der Waals surface area contributed by atoms with Gasteiger partial charge in [0.15, 0.2) is 0 Å². The van der Waals surface area contributed by atoms with Crippen LogP contribution in [0.3, 0.4) is 0 Å². The van der Waals surface area contributed by atoms with Crippen LogP contribution < -0.4 is 0 Å². The molecule has 4 heteroatoms. The van der Waals surface area contributed by atoms with E-state index in [1.165, 1.54) is 0 Å². The van der Waals surface area contributed by atoms with Gasteiger partial charge in [0.1, 0.15) is 5.82 Å². The molecule has 1 saturated heterocycles. The van der Waals surface area contributed by atoms with Crippen LogP contribution in [-0.4, -0.2) is 33.9 Å². The van der Waals surface area contributed by atoms with E-state index in [0.29, 0.717) is 5.92 Å². The first-order chi connectivity index (χ1) is 12.3. The molecule has 3 heterocycles. The molecule has 0 bridgehead atoms. The van der Waals surface area contributed by atoms with Crippen LogP contribution in [0.1, 0.15) is 24.6 Å². The van der Waals surface area contributed by atoms with Crippen molar-refractivity contribution < 1.29 is 0 Å². The zero-order chi connectivity index (χ0) is 17.2. The largest absolute Gasteiger partial charge is 0.303 e. The Kier molecular flexibility index (Phi) is 4.60. The molecule has 0 amide bonds. The molecule has 2 aromatic heterocycles. The van der Waals surface area contributed by atoms with Gasteiger partial charge in [-0.3, -0.25) is 4.90 Å². The Morgan fingerprint density at radius 3 is 2.64 bits per heavy atom. The second-order valence-electron chi connectivity index (χ2n) is 6.65. The first-order valence-corrected chi connectivity index (χ1v) is 9.20. The monoisotopic (exact) mass is 351 g/mol. The van der Waals surface area contributed by atoms with Crippen LogP contribution in [0.25, 0.3) is 16.8 Å². The standard InChI is InChI=1S/C21H22ClN3/c1-2-11-24-12-8-17(9-13-24)21-23-20(16-6-4-3-5-7-16)19-15-18(22)10-14-25(19)21/h2-7,10,14-15,17H,1,8-9,11-13H2. The molecule has 1 aliphatic rings. The quantitative estimate of drug-likeness (QED) is 0.615. The summed E-state index contributed by atoms with van der Waals surface area (Å²) in [6.45, 7) is 7.01. The Hall–Kier alpha value is -2.10. The molecular formula is C21H22ClN3. The number of pyridine rings is 1. The first kappa shape index (κ1) is 16.4. The molecule has 3 aromatic rings. The van der Waals surface area contributed by atoms with E-state index in [4.69, 9.17) is 16.6 Å². The molecule has 1 aliphatic heterocycles. The number of nitrogens with zero attached hydrogens (tertiary/aromatic N) is 3. The third-order valence-corrected chi connectivity index (χ3v) is 5.26. The predicted molar refractivity (Wildman–Crippen MR) is 104 cm³/mol. The summed E-state index contributed by atoms with van der Waals surface area (Å²) in [6, 6.07) is 14.3. The van der Waals surface area contributed by atoms with Crippen LogP contribution in [0.2, 0.25) is 5.02 Å². The number of hydrogen-bond donors (Lipinski definition) is 0. The number of fused-ring (bicyclic) bond motifs is 1. The van der Waals surface area contributed by atoms with Gasteiger partial charge in [-0.05, 0) is 38.1 Å². The van der Waals surface area contributed by atoms with E-state index in [2.05, 4.69) is 46.3 Å². The van der Waals surface area contributed by atoms with Crippen LogP contribution in [0.4, 0.5) is 0 Å². The topological polar surface area (TPSA) is 20.5 Å². The highest BCUT2D eigenvalue weighted by Crippen LogP contribution is 2.33. The molecule has 1 aromatic carbocycles. The molecule has 0 N–H and O–H groups in total. The van der Waals surface area contributed by atoms with Crippen LogP contribution in [0.5, 0.6) is 0 Å². The van der Waals surface area contributed by atoms with E-state index < -0.39 is 0 Å². The van der Waals surface area contributed by atoms with Gasteiger partial charge in [-0.25, -0.2) is 4.98 Å². The number of aromatic nitrogens is 2. The number of halogens is 1. The molecule has 0 atom stereocenters. The van der Waals surface area contributed by atoms with Crippen LogP contribution in [-0.2, 0) is 0 Å². The summed E-state index contributed by atoms with van der Waals surface area (Å²) >= 11 is 6.27. The van der Waals surface area contributed by atoms with E-state index >= 15 is 0 Å². The maximum atomic E-state index is 6.27. The second kappa shape index (κ2) is 7.03. The highest BCUT2D eigenvalue weighted by molar-refractivity contribution is 6.31. The molecule has 3 nitrogen and oxygen atoms in total. The van der Waals surface area contributed by atoms with Crippen molar-refractivity contribution >= 4 is 17.1 Å². The maximum absolute atomic E-state index is 6.27. The highest BCUT2D eigenvalue weighted by atomic mass is 35.5. The lowest BCUT2D eigenvalue weighted by atomic mass is 9.96. The van der Waals surface area contributed by atoms with E-state index in [9.17, 15) is 0 Å². The van der Waals surface area contributed by atoms with Crippen molar-refractivity contribution in [3.05, 3.63) is 72.2 Å². The number of piperidine rings is 1. The summed E-state index contributed by atoms with van der Waals surface area (Å²) in [5, 5.41) is 0.747. The van der Waals surface area contributed by atoms with E-state index in [1.807, 2.05) is 24.3 Å². The average molecular weight is 352 g/mol. The zero-order valence-electron chi connectivity index (χ0n) is 14.2. The van der Waals surface area contributed by atoms with E-state index in [1.54, 1.807) is 0 Å². The van der Waals surface area contributed by atoms with Gasteiger partial charge in [-0.2, -0.15) is 0 Å². The SMILES string of the molecule is C=CCN1CCC(c2nc(-c3ccccc3)c3cc(Cl)ccn23)CC1. The normalized spacial score (nSPS) is 16.4. The predicted octanol–water partition coefficient (Wildman–Crippen LogP) is 5.02. The molecule has 0 aliphatic carbocycles. The van der Waals surface area contributed by atoms with Crippen LogP contribution in [0, 0.1) is 0 Å². The third kappa shape index (κ3) is 3.22. The van der Waals surface area contributed by atoms with Crippen LogP contribution >= 0.6 is 11.6 Å². The first-order valence-electron chi connectivity index (χ1n) is 8.82. The molecule has 1 fully saturated rings. The van der Waals surface area contributed by atoms with Gasteiger partial charge < -0.3 is 4.40 Å². The summed E-state index contributed by atoms with van der Waals surface area (Å²) in [4.78, 5) is 7.51. The third-order valence-electron chi connectivity index (χ3n) is 5.02. The fourth-order valence-electron chi connectivity index (χ4n) is 3.73. The van der Waals surface area contributed by atoms with Crippen molar-refractivity contribution in [2.75, 3.05) is 19.6 Å². The van der Waals surface area contributed by atoms with Crippen molar-refractivity contribution in [1.82, 2.24) is 14.3 Å². The Morgan fingerprint density at radius 1 is 1.16 bits per heavy atom. The molecule has 0 unspecified atom stereocenters. The van der Waals surface area contributed by atoms with Gasteiger partial charge in [0, 0.05) is 29.2 Å². The second-order valence-corrected chi connectivity index (χ2v) is 7.08. The Balaban J connectivity index is 1.74. The minimum Gasteiger partial charge on any atom is -0.303 e. The summed E-state index contributed by atoms with van der Waals surface area (Å²) in [5.74, 6) is 1.64. The lowest BCUT2D eigenvalue weighted by molar-refractivity contribution is 0.229. The lowest BCUT2D eigenvalue weighted by Crippen LogP contribution is -2.33. The summed E-state index contributed by atoms with van der Waals surface area (Å²) in [5.41, 5.74) is 3.24. The van der Waals surface area contributed by atoms with Gasteiger partial charge in [0.2, 0.25) is 0 Å². The van der Waals surface area contributed by atoms with Gasteiger partial charge in [-0.1, -0.05) is 48.0 Å². The number of benzene rings is 1. The Morgan fingerprint density at radius 2 is 1.92 bits per heavy atom. The fraction of sp³-hybridized carbons (Fsp3) is 0.286. The van der Waals surface area contributed by atoms with Gasteiger partial charge >= 0.3 is 0 Å². The molecule has 0 saturated carbocycles. The number of hydrogen-bond acceptors (Lipinski definition) is 2. The summed E-state index contributed by atoms with van der Waals surface area (Å²) in [7, 11) is 0. The maximum Gasteiger partial charge on any atom is 0.117 e. The van der Waals surface area contributed by atoms with Crippen molar-refractivity contribution in [3.63, 3.8) is 0 Å². The Labute approximate surface area is 153 Å². The van der Waals surface area contributed by atoms with Gasteiger partial charge in [0.25, 0.3) is 0 Å². The fourth-order valence-corrected chi connectivity index (χ4v) is 3.89. The lowest BCUT2D eigenvalue weighted by Gasteiger charge is -2.30. The van der Waals surface area contributed by atoms with Gasteiger partial charge in [-0.15, -0.1) is 6.58 Å². The average Bonchev–Trinajstić information content (AvgIpc) is 3.02. The van der Waals surface area contributed by atoms with E-state index in [-0.39, 0.29) is 0 Å². The number of likely N-dealkylation sites (tertiary alicyclic amines) is 1. The van der Waals surface area contributed by atoms with Gasteiger partial charge in [0.05, 0.1) is 11.2 Å². The Bertz CT molecular complexity index is 877. The zero-order valence-corrected chi connectivity index (χ0v) is 15.0. The molecule has 25 heavy (non-hydrogen) atoms. The number of imidazole rings is 1. The van der Waals surface area contributed by atoms with E-state index in [0.717, 1.165) is 60.1 Å². The summed E-state index contributed by atoms with van der Waals surface area (Å²) < 4.78 is 2.22. The van der Waals surface area contributed by atoms with Crippen LogP contribution in [0.15, 0.2) is 61.3 Å². The molecule has 0 spiro atoms. The molecule has 4 rings (SSSR count). The summed E-state index contributed by atoms with van der Waals surface area (Å²) in [6.07, 6.45) is 6.30. The van der Waals surface area contributed by atoms with Crippen molar-refractivity contribution in [2.24, 2.45) is 0 Å². The number of rotatable bonds is 4. The van der Waals surface area contributed by atoms with Crippen molar-refractivity contribution in [3.8, 4) is 11.3 Å². The highest BCUT2D eigenvalue weighted by Gasteiger charge is 2.25. The minimum absolute atomic E-state index is 0.479. The molecule has 0 radical (unpaired) electrons. The smallest absolute Gasteiger partial charge is 0.117 e. The minimum atomic E-state index is 0.479. The van der Waals surface area contributed by atoms with Crippen molar-refractivity contribution in [1.29, 1.82) is 0 Å². The van der Waals surface area contributed by atoms with Crippen molar-refractivity contribution in [2.45, 2.75) is 18.8 Å². The molecule has 128 valence electrons.